The zero-order valence-electron chi connectivity index (χ0n) is 15.6. The number of ether oxygens (including phenoxy) is 1. The van der Waals surface area contributed by atoms with Crippen molar-refractivity contribution in [2.45, 2.75) is 76.9 Å². The molecule has 26 heavy (non-hydrogen) atoms. The van der Waals surface area contributed by atoms with Crippen molar-refractivity contribution in [3.8, 4) is 0 Å². The van der Waals surface area contributed by atoms with Crippen molar-refractivity contribution in [1.82, 2.24) is 14.9 Å². The van der Waals surface area contributed by atoms with Gasteiger partial charge in [0.1, 0.15) is 11.4 Å². The van der Waals surface area contributed by atoms with Gasteiger partial charge in [0.05, 0.1) is 12.3 Å². The summed E-state index contributed by atoms with van der Waals surface area (Å²) in [6, 6.07) is 0. The quantitative estimate of drug-likeness (QED) is 0.793. The summed E-state index contributed by atoms with van der Waals surface area (Å²) in [5, 5.41) is 3.16. The predicted molar refractivity (Wildman–Crippen MR) is 96.3 cm³/mol. The fourth-order valence-electron chi connectivity index (χ4n) is 4.75. The van der Waals surface area contributed by atoms with Crippen LogP contribution in [0.4, 0.5) is 0 Å². The van der Waals surface area contributed by atoms with E-state index in [4.69, 9.17) is 4.74 Å². The second-order valence-corrected chi connectivity index (χ2v) is 8.40. The Hall–Kier alpha value is -1.85. The van der Waals surface area contributed by atoms with Gasteiger partial charge in [0.15, 0.2) is 0 Å². The SMILES string of the molecule is CCc1nccn1CC1(CNC(=O)[C@H]2CC(=O)OC23CCCCC3)CC1. The van der Waals surface area contributed by atoms with E-state index < -0.39 is 5.60 Å². The fourth-order valence-corrected chi connectivity index (χ4v) is 4.75. The molecule has 3 fully saturated rings. The molecule has 1 saturated heterocycles. The maximum absolute atomic E-state index is 12.9. The Morgan fingerprint density at radius 2 is 2.08 bits per heavy atom. The van der Waals surface area contributed by atoms with Gasteiger partial charge in [-0.25, -0.2) is 4.98 Å². The van der Waals surface area contributed by atoms with Crippen LogP contribution in [-0.2, 0) is 27.3 Å². The highest BCUT2D eigenvalue weighted by molar-refractivity contribution is 5.87. The van der Waals surface area contributed by atoms with Crippen molar-refractivity contribution >= 4 is 11.9 Å². The highest BCUT2D eigenvalue weighted by Gasteiger charge is 2.53. The van der Waals surface area contributed by atoms with Gasteiger partial charge in [-0.15, -0.1) is 0 Å². The molecule has 1 aliphatic heterocycles. The van der Waals surface area contributed by atoms with Gasteiger partial charge in [0, 0.05) is 37.3 Å². The summed E-state index contributed by atoms with van der Waals surface area (Å²) >= 11 is 0. The summed E-state index contributed by atoms with van der Waals surface area (Å²) in [4.78, 5) is 29.2. The third-order valence-corrected chi connectivity index (χ3v) is 6.56. The Morgan fingerprint density at radius 1 is 1.31 bits per heavy atom. The largest absolute Gasteiger partial charge is 0.458 e. The summed E-state index contributed by atoms with van der Waals surface area (Å²) in [5.41, 5.74) is -0.390. The number of carbonyl (C=O) groups excluding carboxylic acids is 2. The number of nitrogens with one attached hydrogen (secondary N) is 1. The predicted octanol–water partition coefficient (Wildman–Crippen LogP) is 2.61. The number of rotatable bonds is 6. The van der Waals surface area contributed by atoms with Crippen LogP contribution in [0.2, 0.25) is 0 Å². The third kappa shape index (κ3) is 3.26. The minimum absolute atomic E-state index is 0.00497. The Bertz CT molecular complexity index is 686. The lowest BCUT2D eigenvalue weighted by atomic mass is 9.75. The molecule has 0 unspecified atom stereocenters. The van der Waals surface area contributed by atoms with Crippen molar-refractivity contribution < 1.29 is 14.3 Å². The zero-order chi connectivity index (χ0) is 18.2. The van der Waals surface area contributed by atoms with Gasteiger partial charge in [-0.1, -0.05) is 13.3 Å². The maximum atomic E-state index is 12.9. The summed E-state index contributed by atoms with van der Waals surface area (Å²) < 4.78 is 7.89. The number of amides is 1. The summed E-state index contributed by atoms with van der Waals surface area (Å²) in [6.45, 7) is 3.69. The third-order valence-electron chi connectivity index (χ3n) is 6.56. The van der Waals surface area contributed by atoms with E-state index in [9.17, 15) is 9.59 Å². The van der Waals surface area contributed by atoms with Crippen molar-refractivity contribution in [3.63, 3.8) is 0 Å². The first kappa shape index (κ1) is 17.6. The van der Waals surface area contributed by atoms with Crippen molar-refractivity contribution in [3.05, 3.63) is 18.2 Å². The van der Waals surface area contributed by atoms with Crippen LogP contribution in [0.3, 0.4) is 0 Å². The van der Waals surface area contributed by atoms with Crippen LogP contribution >= 0.6 is 0 Å². The van der Waals surface area contributed by atoms with E-state index in [1.165, 1.54) is 6.42 Å². The smallest absolute Gasteiger partial charge is 0.307 e. The van der Waals surface area contributed by atoms with Gasteiger partial charge < -0.3 is 14.6 Å². The first-order valence-electron chi connectivity index (χ1n) is 10.1. The van der Waals surface area contributed by atoms with Crippen LogP contribution in [0.25, 0.3) is 0 Å². The molecule has 3 aliphatic rings. The van der Waals surface area contributed by atoms with Crippen molar-refractivity contribution in [1.29, 1.82) is 0 Å². The highest BCUT2D eigenvalue weighted by atomic mass is 16.6. The van der Waals surface area contributed by atoms with Crippen LogP contribution in [0.5, 0.6) is 0 Å². The molecule has 0 radical (unpaired) electrons. The van der Waals surface area contributed by atoms with Crippen LogP contribution in [0.1, 0.15) is 64.1 Å². The fraction of sp³-hybridized carbons (Fsp3) is 0.750. The summed E-state index contributed by atoms with van der Waals surface area (Å²) in [5.74, 6) is 0.577. The molecule has 6 heteroatoms. The molecule has 1 aromatic rings. The lowest BCUT2D eigenvalue weighted by molar-refractivity contribution is -0.153. The average molecular weight is 359 g/mol. The van der Waals surface area contributed by atoms with E-state index in [1.54, 1.807) is 0 Å². The van der Waals surface area contributed by atoms with Gasteiger partial charge >= 0.3 is 5.97 Å². The second kappa shape index (κ2) is 6.71. The number of esters is 1. The van der Waals surface area contributed by atoms with E-state index in [2.05, 4.69) is 21.8 Å². The van der Waals surface area contributed by atoms with Crippen LogP contribution in [-0.4, -0.2) is 33.6 Å². The lowest BCUT2D eigenvalue weighted by Gasteiger charge is -2.36. The molecule has 2 saturated carbocycles. The molecule has 2 aliphatic carbocycles. The van der Waals surface area contributed by atoms with E-state index in [-0.39, 0.29) is 29.6 Å². The molecule has 1 spiro atoms. The van der Waals surface area contributed by atoms with Gasteiger partial charge in [0.2, 0.25) is 5.91 Å². The Labute approximate surface area is 154 Å². The molecule has 6 nitrogen and oxygen atoms in total. The van der Waals surface area contributed by atoms with Gasteiger partial charge in [-0.2, -0.15) is 0 Å². The molecule has 0 bridgehead atoms. The Kier molecular flexibility index (Phi) is 4.53. The molecular formula is C20H29N3O3. The topological polar surface area (TPSA) is 73.2 Å². The normalized spacial score (nSPS) is 25.9. The van der Waals surface area contributed by atoms with Gasteiger partial charge in [-0.3, -0.25) is 9.59 Å². The molecule has 1 atom stereocenters. The number of aryl methyl sites for hydroxylation is 1. The first-order valence-corrected chi connectivity index (χ1v) is 10.1. The monoisotopic (exact) mass is 359 g/mol. The molecule has 1 amide bonds. The van der Waals surface area contributed by atoms with Gasteiger partial charge in [0.25, 0.3) is 0 Å². The van der Waals surface area contributed by atoms with Crippen molar-refractivity contribution in [2.75, 3.05) is 6.54 Å². The Balaban J connectivity index is 1.38. The van der Waals surface area contributed by atoms with Crippen LogP contribution in [0.15, 0.2) is 12.4 Å². The van der Waals surface area contributed by atoms with Gasteiger partial charge in [-0.05, 0) is 38.5 Å². The van der Waals surface area contributed by atoms with E-state index in [0.29, 0.717) is 6.54 Å². The molecular weight excluding hydrogens is 330 g/mol. The molecule has 0 aromatic carbocycles. The molecule has 4 rings (SSSR count). The zero-order valence-corrected chi connectivity index (χ0v) is 15.6. The number of hydrogen-bond acceptors (Lipinski definition) is 4. The summed E-state index contributed by atoms with van der Waals surface area (Å²) in [7, 11) is 0. The minimum Gasteiger partial charge on any atom is -0.458 e. The summed E-state index contributed by atoms with van der Waals surface area (Å²) in [6.07, 6.45) is 12.2. The van der Waals surface area contributed by atoms with E-state index >= 15 is 0 Å². The van der Waals surface area contributed by atoms with Crippen LogP contribution in [0, 0.1) is 11.3 Å². The Morgan fingerprint density at radius 3 is 2.77 bits per heavy atom. The number of carbonyl (C=O) groups is 2. The van der Waals surface area contributed by atoms with Crippen LogP contribution < -0.4 is 5.32 Å². The lowest BCUT2D eigenvalue weighted by Crippen LogP contribution is -2.47. The highest BCUT2D eigenvalue weighted by Crippen LogP contribution is 2.48. The standard InChI is InChI=1S/C20H29N3O3/c1-2-16-21-10-11-23(16)14-19(8-9-19)13-22-18(25)15-12-17(24)26-20(15)6-4-3-5-7-20/h10-11,15H,2-9,12-14H2,1H3,(H,22,25)/t15-/m1/s1. The number of hydrogen-bond donors (Lipinski definition) is 1. The maximum Gasteiger partial charge on any atom is 0.307 e. The van der Waals surface area contributed by atoms with E-state index in [0.717, 1.165) is 57.3 Å². The number of aromatic nitrogens is 2. The van der Waals surface area contributed by atoms with Crippen molar-refractivity contribution in [2.24, 2.45) is 11.3 Å². The second-order valence-electron chi connectivity index (χ2n) is 8.40. The minimum atomic E-state index is -0.532. The molecule has 1 aromatic heterocycles. The molecule has 2 heterocycles. The average Bonchev–Trinajstić information content (AvgIpc) is 3.13. The molecule has 1 N–H and O–H groups in total. The first-order chi connectivity index (χ1) is 12.6. The van der Waals surface area contributed by atoms with E-state index in [1.807, 2.05) is 12.4 Å². The number of nitrogens with zero attached hydrogens (tertiary/aromatic N) is 2. The molecule has 142 valence electrons. The number of imidazole rings is 1.